The van der Waals surface area contributed by atoms with Gasteiger partial charge in [-0.3, -0.25) is 4.79 Å². The van der Waals surface area contributed by atoms with Gasteiger partial charge in [0.1, 0.15) is 0 Å². The summed E-state index contributed by atoms with van der Waals surface area (Å²) < 4.78 is 0. The van der Waals surface area contributed by atoms with Crippen molar-refractivity contribution in [3.63, 3.8) is 0 Å². The lowest BCUT2D eigenvalue weighted by molar-refractivity contribution is -0.119. The third kappa shape index (κ3) is 3.66. The average molecular weight is 198 g/mol. The Morgan fingerprint density at radius 3 is 2.54 bits per heavy atom. The highest BCUT2D eigenvalue weighted by molar-refractivity contribution is 6.30. The van der Waals surface area contributed by atoms with Gasteiger partial charge in [0, 0.05) is 11.9 Å². The molecule has 0 atom stereocenters. The fraction of sp³-hybridized carbons (Fsp3) is 0.125. The molecular formula is C8H8ClN3O. The molecule has 0 aliphatic rings. The van der Waals surface area contributed by atoms with Gasteiger partial charge < -0.3 is 0 Å². The van der Waals surface area contributed by atoms with Crippen LogP contribution in [0.1, 0.15) is 6.92 Å². The van der Waals surface area contributed by atoms with Gasteiger partial charge in [-0.25, -0.2) is 5.43 Å². The molecule has 0 aliphatic heterocycles. The number of carbonyl (C=O) groups is 1. The van der Waals surface area contributed by atoms with Crippen LogP contribution in [0.25, 0.3) is 0 Å². The molecule has 0 radical (unpaired) electrons. The molecule has 0 saturated heterocycles. The van der Waals surface area contributed by atoms with Gasteiger partial charge >= 0.3 is 0 Å². The minimum atomic E-state index is -0.252. The molecule has 5 heteroatoms. The summed E-state index contributed by atoms with van der Waals surface area (Å²) in [6.45, 7) is 1.36. The SMILES string of the molecule is CC(=O)NN=Nc1ccc(Cl)cc1. The second-order valence-corrected chi connectivity index (χ2v) is 2.78. The van der Waals surface area contributed by atoms with E-state index in [1.54, 1.807) is 24.3 Å². The summed E-state index contributed by atoms with van der Waals surface area (Å²) in [4.78, 5) is 10.4. The molecule has 0 bridgehead atoms. The normalized spacial score (nSPS) is 10.3. The number of halogens is 1. The Kier molecular flexibility index (Phi) is 3.40. The maximum Gasteiger partial charge on any atom is 0.238 e. The van der Waals surface area contributed by atoms with Crippen molar-refractivity contribution >= 4 is 23.2 Å². The first kappa shape index (κ1) is 9.67. The number of hydrogen-bond donors (Lipinski definition) is 1. The first-order chi connectivity index (χ1) is 6.18. The van der Waals surface area contributed by atoms with E-state index in [-0.39, 0.29) is 5.91 Å². The first-order valence-electron chi connectivity index (χ1n) is 3.61. The van der Waals surface area contributed by atoms with E-state index < -0.39 is 0 Å². The van der Waals surface area contributed by atoms with E-state index in [1.165, 1.54) is 6.92 Å². The summed E-state index contributed by atoms with van der Waals surface area (Å²) in [6, 6.07) is 6.80. The van der Waals surface area contributed by atoms with E-state index in [9.17, 15) is 4.79 Å². The van der Waals surface area contributed by atoms with Crippen molar-refractivity contribution in [2.45, 2.75) is 6.92 Å². The molecule has 1 aromatic carbocycles. The van der Waals surface area contributed by atoms with Crippen LogP contribution in [0.2, 0.25) is 5.02 Å². The zero-order valence-corrected chi connectivity index (χ0v) is 7.75. The van der Waals surface area contributed by atoms with Crippen LogP contribution < -0.4 is 5.43 Å². The molecular weight excluding hydrogens is 190 g/mol. The van der Waals surface area contributed by atoms with Crippen molar-refractivity contribution in [1.82, 2.24) is 5.43 Å². The molecule has 4 nitrogen and oxygen atoms in total. The monoisotopic (exact) mass is 197 g/mol. The lowest BCUT2D eigenvalue weighted by Gasteiger charge is -1.92. The van der Waals surface area contributed by atoms with Gasteiger partial charge in [-0.15, -0.1) is 5.11 Å². The quantitative estimate of drug-likeness (QED) is 0.575. The van der Waals surface area contributed by atoms with Gasteiger partial charge in [0.2, 0.25) is 5.91 Å². The van der Waals surface area contributed by atoms with Crippen molar-refractivity contribution < 1.29 is 4.79 Å². The maximum absolute atomic E-state index is 10.4. The molecule has 0 saturated carbocycles. The van der Waals surface area contributed by atoms with Gasteiger partial charge in [0.15, 0.2) is 0 Å². The van der Waals surface area contributed by atoms with E-state index in [1.807, 2.05) is 0 Å². The van der Waals surface area contributed by atoms with E-state index in [2.05, 4.69) is 15.8 Å². The molecule has 0 spiro atoms. The van der Waals surface area contributed by atoms with Crippen LogP contribution in [0, 0.1) is 0 Å². The summed E-state index contributed by atoms with van der Waals surface area (Å²) in [5.41, 5.74) is 2.83. The third-order valence-electron chi connectivity index (χ3n) is 1.20. The highest BCUT2D eigenvalue weighted by atomic mass is 35.5. The minimum absolute atomic E-state index is 0.252. The molecule has 0 heterocycles. The molecule has 68 valence electrons. The number of nitrogens with zero attached hydrogens (tertiary/aromatic N) is 2. The summed E-state index contributed by atoms with van der Waals surface area (Å²) in [6.07, 6.45) is 0. The predicted octanol–water partition coefficient (Wildman–Crippen LogP) is 2.47. The molecule has 0 fully saturated rings. The van der Waals surface area contributed by atoms with Crippen molar-refractivity contribution in [2.75, 3.05) is 0 Å². The topological polar surface area (TPSA) is 53.8 Å². The summed E-state index contributed by atoms with van der Waals surface area (Å²) in [5.74, 6) is -0.252. The summed E-state index contributed by atoms with van der Waals surface area (Å²) >= 11 is 5.65. The number of rotatable bonds is 2. The van der Waals surface area contributed by atoms with Gasteiger partial charge in [-0.05, 0) is 24.3 Å². The Bertz CT molecular complexity index is 321. The third-order valence-corrected chi connectivity index (χ3v) is 1.45. The molecule has 1 rings (SSSR count). The van der Waals surface area contributed by atoms with Crippen LogP contribution >= 0.6 is 11.6 Å². The Morgan fingerprint density at radius 2 is 2.00 bits per heavy atom. The van der Waals surface area contributed by atoms with E-state index in [0.29, 0.717) is 10.7 Å². The van der Waals surface area contributed by atoms with Crippen molar-refractivity contribution in [3.8, 4) is 0 Å². The standard InChI is InChI=1S/C8H8ClN3O/c1-6(13)10-12-11-8-4-2-7(9)3-5-8/h2-5H,1H3,(H,10,11,13). The molecule has 0 unspecified atom stereocenters. The van der Waals surface area contributed by atoms with Crippen molar-refractivity contribution in [3.05, 3.63) is 29.3 Å². The Balaban J connectivity index is 2.59. The zero-order valence-electron chi connectivity index (χ0n) is 6.99. The second kappa shape index (κ2) is 4.57. The van der Waals surface area contributed by atoms with E-state index in [4.69, 9.17) is 11.6 Å². The predicted molar refractivity (Wildman–Crippen MR) is 49.8 cm³/mol. The number of hydrogen-bond acceptors (Lipinski definition) is 3. The molecule has 13 heavy (non-hydrogen) atoms. The van der Waals surface area contributed by atoms with E-state index >= 15 is 0 Å². The van der Waals surface area contributed by atoms with Gasteiger partial charge in [0.25, 0.3) is 0 Å². The van der Waals surface area contributed by atoms with Gasteiger partial charge in [-0.2, -0.15) is 0 Å². The van der Waals surface area contributed by atoms with Crippen LogP contribution in [0.3, 0.4) is 0 Å². The number of benzene rings is 1. The number of amides is 1. The summed E-state index contributed by atoms with van der Waals surface area (Å²) in [7, 11) is 0. The van der Waals surface area contributed by atoms with Gasteiger partial charge in [-0.1, -0.05) is 16.8 Å². The Hall–Kier alpha value is -1.42. The molecule has 1 N–H and O–H groups in total. The van der Waals surface area contributed by atoms with E-state index in [0.717, 1.165) is 0 Å². The zero-order chi connectivity index (χ0) is 9.68. The van der Waals surface area contributed by atoms with Gasteiger partial charge in [0.05, 0.1) is 5.69 Å². The van der Waals surface area contributed by atoms with Crippen LogP contribution in [-0.2, 0) is 4.79 Å². The fourth-order valence-electron chi connectivity index (χ4n) is 0.661. The lowest BCUT2D eigenvalue weighted by Crippen LogP contribution is -2.10. The van der Waals surface area contributed by atoms with Crippen LogP contribution in [0.4, 0.5) is 5.69 Å². The molecule has 0 aliphatic carbocycles. The maximum atomic E-state index is 10.4. The van der Waals surface area contributed by atoms with Crippen molar-refractivity contribution in [1.29, 1.82) is 0 Å². The average Bonchev–Trinajstić information content (AvgIpc) is 2.08. The first-order valence-corrected chi connectivity index (χ1v) is 3.99. The Labute approximate surface area is 80.6 Å². The minimum Gasteiger partial charge on any atom is -0.273 e. The number of carbonyl (C=O) groups excluding carboxylic acids is 1. The van der Waals surface area contributed by atoms with Crippen LogP contribution in [0.5, 0.6) is 0 Å². The smallest absolute Gasteiger partial charge is 0.238 e. The molecule has 1 amide bonds. The molecule has 0 aromatic heterocycles. The molecule has 1 aromatic rings. The Morgan fingerprint density at radius 1 is 1.38 bits per heavy atom. The van der Waals surface area contributed by atoms with Crippen LogP contribution in [-0.4, -0.2) is 5.91 Å². The van der Waals surface area contributed by atoms with Crippen molar-refractivity contribution in [2.24, 2.45) is 10.3 Å². The largest absolute Gasteiger partial charge is 0.273 e. The second-order valence-electron chi connectivity index (χ2n) is 2.34. The highest BCUT2D eigenvalue weighted by Crippen LogP contribution is 2.15. The fourth-order valence-corrected chi connectivity index (χ4v) is 0.787. The highest BCUT2D eigenvalue weighted by Gasteiger charge is 1.89. The van der Waals surface area contributed by atoms with Crippen LogP contribution in [0.15, 0.2) is 34.6 Å². The number of nitrogens with one attached hydrogen (secondary N) is 1. The summed E-state index contributed by atoms with van der Waals surface area (Å²) in [5, 5.41) is 7.81. The lowest BCUT2D eigenvalue weighted by atomic mass is 10.3.